The van der Waals surface area contributed by atoms with Crippen molar-refractivity contribution in [3.05, 3.63) is 66.4 Å². The molecule has 29 heavy (non-hydrogen) atoms. The topological polar surface area (TPSA) is 79.4 Å². The molecule has 1 unspecified atom stereocenters. The third-order valence-corrected chi connectivity index (χ3v) is 4.79. The van der Waals surface area contributed by atoms with Crippen LogP contribution in [0.3, 0.4) is 0 Å². The maximum atomic E-state index is 12.6. The number of amides is 1. The Hall–Kier alpha value is -3.61. The highest BCUT2D eigenvalue weighted by Crippen LogP contribution is 2.28. The second-order valence-corrected chi connectivity index (χ2v) is 7.14. The molecule has 2 heterocycles. The lowest BCUT2D eigenvalue weighted by Crippen LogP contribution is -2.35. The number of hydrogen-bond donors (Lipinski definition) is 2. The van der Waals surface area contributed by atoms with E-state index in [9.17, 15) is 4.79 Å². The zero-order chi connectivity index (χ0) is 20.2. The Labute approximate surface area is 169 Å². The molecule has 1 aromatic heterocycles. The minimum absolute atomic E-state index is 0.134. The van der Waals surface area contributed by atoms with Crippen LogP contribution in [0.15, 0.2) is 60.8 Å². The van der Waals surface area contributed by atoms with Crippen LogP contribution < -0.4 is 20.3 Å². The summed E-state index contributed by atoms with van der Waals surface area (Å²) >= 11 is 0. The molecule has 1 aliphatic heterocycles. The third-order valence-electron chi connectivity index (χ3n) is 4.79. The Morgan fingerprint density at radius 2 is 1.86 bits per heavy atom. The number of rotatable bonds is 5. The number of nitrogens with one attached hydrogen (secondary N) is 2. The number of ether oxygens (including phenoxy) is 1. The van der Waals surface area contributed by atoms with E-state index in [1.807, 2.05) is 73.6 Å². The van der Waals surface area contributed by atoms with Crippen molar-refractivity contribution in [2.24, 2.45) is 0 Å². The summed E-state index contributed by atoms with van der Waals surface area (Å²) in [5.74, 6) is 1.31. The first-order valence-electron chi connectivity index (χ1n) is 9.51. The predicted molar refractivity (Wildman–Crippen MR) is 114 cm³/mol. The van der Waals surface area contributed by atoms with Gasteiger partial charge >= 0.3 is 0 Å². The van der Waals surface area contributed by atoms with Crippen LogP contribution in [0.2, 0.25) is 0 Å². The van der Waals surface area contributed by atoms with Gasteiger partial charge in [0.2, 0.25) is 0 Å². The van der Waals surface area contributed by atoms with Gasteiger partial charge in [-0.3, -0.25) is 4.79 Å². The number of aryl methyl sites for hydroxylation is 1. The highest BCUT2D eigenvalue weighted by molar-refractivity contribution is 5.94. The van der Waals surface area contributed by atoms with Gasteiger partial charge in [0.1, 0.15) is 5.75 Å². The van der Waals surface area contributed by atoms with Gasteiger partial charge in [0.15, 0.2) is 11.9 Å². The average Bonchev–Trinajstić information content (AvgIpc) is 2.75. The van der Waals surface area contributed by atoms with Crippen molar-refractivity contribution in [2.45, 2.75) is 18.9 Å². The van der Waals surface area contributed by atoms with Crippen LogP contribution in [-0.4, -0.2) is 36.3 Å². The lowest BCUT2D eigenvalue weighted by atomic mass is 10.0. The van der Waals surface area contributed by atoms with E-state index < -0.39 is 6.10 Å². The molecule has 0 spiro atoms. The van der Waals surface area contributed by atoms with Crippen LogP contribution in [0.5, 0.6) is 5.75 Å². The number of benzene rings is 2. The fourth-order valence-corrected chi connectivity index (χ4v) is 3.18. The maximum Gasteiger partial charge on any atom is 0.265 e. The lowest BCUT2D eigenvalue weighted by molar-refractivity contribution is -0.123. The van der Waals surface area contributed by atoms with Crippen LogP contribution in [-0.2, 0) is 11.2 Å². The molecule has 0 bridgehead atoms. The second kappa shape index (κ2) is 8.18. The van der Waals surface area contributed by atoms with E-state index in [0.717, 1.165) is 34.8 Å². The molecule has 2 aromatic carbocycles. The second-order valence-electron chi connectivity index (χ2n) is 7.14. The highest BCUT2D eigenvalue weighted by Gasteiger charge is 2.25. The molecule has 0 saturated carbocycles. The lowest BCUT2D eigenvalue weighted by Gasteiger charge is -2.25. The summed E-state index contributed by atoms with van der Waals surface area (Å²) in [4.78, 5) is 14.5. The molecule has 0 radical (unpaired) electrons. The number of carbonyl (C=O) groups excluding carboxylic acids is 1. The summed E-state index contributed by atoms with van der Waals surface area (Å²) in [6.07, 6.45) is 2.73. The standard InChI is InChI=1S/C22H23N5O2/c1-27(2)18-13-21(26-23-14-18)24-16-8-10-17(11-9-16)25-22(28)20-12-7-15-5-3-4-6-19(15)29-20/h3-6,8-11,13-14,20H,7,12H2,1-2H3,(H,24,26)(H,25,28). The van der Waals surface area contributed by atoms with Crippen molar-refractivity contribution in [3.8, 4) is 5.75 Å². The van der Waals surface area contributed by atoms with E-state index in [1.54, 1.807) is 6.20 Å². The molecule has 0 aliphatic carbocycles. The largest absolute Gasteiger partial charge is 0.480 e. The smallest absolute Gasteiger partial charge is 0.265 e. The Kier molecular flexibility index (Phi) is 5.29. The molecule has 3 aromatic rings. The first kappa shape index (κ1) is 18.7. The fourth-order valence-electron chi connectivity index (χ4n) is 3.18. The molecule has 0 saturated heterocycles. The van der Waals surface area contributed by atoms with Gasteiger partial charge in [0.25, 0.3) is 5.91 Å². The minimum Gasteiger partial charge on any atom is -0.480 e. The van der Waals surface area contributed by atoms with Crippen LogP contribution in [0, 0.1) is 0 Å². The van der Waals surface area contributed by atoms with Gasteiger partial charge in [-0.05, 0) is 48.7 Å². The first-order valence-corrected chi connectivity index (χ1v) is 9.51. The molecule has 7 heteroatoms. The van der Waals surface area contributed by atoms with E-state index >= 15 is 0 Å². The van der Waals surface area contributed by atoms with Crippen LogP contribution in [0.4, 0.5) is 22.9 Å². The number of anilines is 4. The van der Waals surface area contributed by atoms with Crippen LogP contribution in [0.1, 0.15) is 12.0 Å². The van der Waals surface area contributed by atoms with Gasteiger partial charge < -0.3 is 20.3 Å². The number of carbonyl (C=O) groups is 1. The zero-order valence-corrected chi connectivity index (χ0v) is 16.4. The van der Waals surface area contributed by atoms with Crippen molar-refractivity contribution in [3.63, 3.8) is 0 Å². The van der Waals surface area contributed by atoms with Gasteiger partial charge in [-0.15, -0.1) is 5.10 Å². The molecular formula is C22H23N5O2. The van der Waals surface area contributed by atoms with Crippen LogP contribution >= 0.6 is 0 Å². The van der Waals surface area contributed by atoms with Crippen molar-refractivity contribution in [2.75, 3.05) is 29.6 Å². The van der Waals surface area contributed by atoms with E-state index in [0.29, 0.717) is 12.2 Å². The number of hydrogen-bond acceptors (Lipinski definition) is 6. The summed E-state index contributed by atoms with van der Waals surface area (Å²) in [7, 11) is 3.90. The van der Waals surface area contributed by atoms with Gasteiger partial charge in [-0.2, -0.15) is 5.10 Å². The number of fused-ring (bicyclic) bond motifs is 1. The Bertz CT molecular complexity index is 1000. The molecular weight excluding hydrogens is 366 g/mol. The van der Waals surface area contributed by atoms with Crippen molar-refractivity contribution in [1.29, 1.82) is 0 Å². The highest BCUT2D eigenvalue weighted by atomic mass is 16.5. The van der Waals surface area contributed by atoms with Gasteiger partial charge in [-0.25, -0.2) is 0 Å². The Balaban J connectivity index is 1.37. The zero-order valence-electron chi connectivity index (χ0n) is 16.4. The quantitative estimate of drug-likeness (QED) is 0.694. The molecule has 2 N–H and O–H groups in total. The molecule has 4 rings (SSSR count). The summed E-state index contributed by atoms with van der Waals surface area (Å²) in [6.45, 7) is 0. The fraction of sp³-hybridized carbons (Fsp3) is 0.227. The molecule has 7 nitrogen and oxygen atoms in total. The Morgan fingerprint density at radius 1 is 1.10 bits per heavy atom. The normalized spacial score (nSPS) is 15.0. The van der Waals surface area contributed by atoms with E-state index in [1.165, 1.54) is 0 Å². The van der Waals surface area contributed by atoms with Crippen molar-refractivity contribution >= 4 is 28.8 Å². The van der Waals surface area contributed by atoms with Crippen molar-refractivity contribution < 1.29 is 9.53 Å². The third kappa shape index (κ3) is 4.45. The Morgan fingerprint density at radius 3 is 2.66 bits per heavy atom. The van der Waals surface area contributed by atoms with E-state index in [4.69, 9.17) is 4.74 Å². The summed E-state index contributed by atoms with van der Waals surface area (Å²) in [5, 5.41) is 14.2. The SMILES string of the molecule is CN(C)c1cnnc(Nc2ccc(NC(=O)C3CCc4ccccc4O3)cc2)c1. The van der Waals surface area contributed by atoms with Gasteiger partial charge in [0, 0.05) is 31.5 Å². The number of para-hydroxylation sites is 1. The van der Waals surface area contributed by atoms with E-state index in [-0.39, 0.29) is 5.91 Å². The number of aromatic nitrogens is 2. The van der Waals surface area contributed by atoms with Gasteiger partial charge in [0.05, 0.1) is 11.9 Å². The molecule has 0 fully saturated rings. The summed E-state index contributed by atoms with van der Waals surface area (Å²) in [5.41, 5.74) is 3.68. The van der Waals surface area contributed by atoms with Gasteiger partial charge in [-0.1, -0.05) is 18.2 Å². The minimum atomic E-state index is -0.480. The molecule has 1 amide bonds. The maximum absolute atomic E-state index is 12.6. The molecule has 148 valence electrons. The average molecular weight is 389 g/mol. The first-order chi connectivity index (χ1) is 14.1. The van der Waals surface area contributed by atoms with E-state index in [2.05, 4.69) is 20.8 Å². The monoisotopic (exact) mass is 389 g/mol. The van der Waals surface area contributed by atoms with Crippen molar-refractivity contribution in [1.82, 2.24) is 10.2 Å². The number of nitrogens with zero attached hydrogens (tertiary/aromatic N) is 3. The molecule has 1 atom stereocenters. The predicted octanol–water partition coefficient (Wildman–Crippen LogP) is 3.62. The van der Waals surface area contributed by atoms with Crippen LogP contribution in [0.25, 0.3) is 0 Å². The molecule has 1 aliphatic rings. The summed E-state index contributed by atoms with van der Waals surface area (Å²) in [6, 6.07) is 17.2. The summed E-state index contributed by atoms with van der Waals surface area (Å²) < 4.78 is 5.86.